The maximum atomic E-state index is 12.2. The summed E-state index contributed by atoms with van der Waals surface area (Å²) in [6, 6.07) is 18.6. The van der Waals surface area contributed by atoms with Crippen LogP contribution in [0.4, 0.5) is 0 Å². The summed E-state index contributed by atoms with van der Waals surface area (Å²) in [4.78, 5) is 12.2. The van der Waals surface area contributed by atoms with Crippen molar-refractivity contribution in [3.63, 3.8) is 0 Å². The summed E-state index contributed by atoms with van der Waals surface area (Å²) in [5.41, 5.74) is 5.35. The highest BCUT2D eigenvalue weighted by Gasteiger charge is 2.08. The van der Waals surface area contributed by atoms with E-state index in [1.807, 2.05) is 49.0 Å². The number of amides is 1. The number of hydrogen-bond donors (Lipinski definition) is 1. The van der Waals surface area contributed by atoms with Gasteiger partial charge in [-0.1, -0.05) is 61.5 Å². The number of hydrogen-bond acceptors (Lipinski definition) is 2. The Morgan fingerprint density at radius 1 is 1.11 bits per heavy atom. The summed E-state index contributed by atoms with van der Waals surface area (Å²) in [5, 5.41) is 7.26. The molecule has 4 heteroatoms. The predicted octanol–water partition coefficient (Wildman–Crippen LogP) is 4.57. The molecule has 0 bridgehead atoms. The number of benzene rings is 2. The molecule has 0 aliphatic rings. The second-order valence-electron chi connectivity index (χ2n) is 6.54. The van der Waals surface area contributed by atoms with Gasteiger partial charge in [0.25, 0.3) is 0 Å². The molecule has 0 saturated carbocycles. The molecule has 0 fully saturated rings. The summed E-state index contributed by atoms with van der Waals surface area (Å²) < 4.78 is 1.91. The molecule has 138 valence electrons. The van der Waals surface area contributed by atoms with Crippen LogP contribution in [0.1, 0.15) is 31.4 Å². The molecule has 1 heterocycles. The first kappa shape index (κ1) is 18.6. The molecule has 2 aromatic carbocycles. The SMILES string of the molecule is CCC=C(C)C(=O)NCc1ccccc1-c1ccc(Cn2cccn2)cc1. The normalized spacial score (nSPS) is 11.4. The third-order valence-corrected chi connectivity index (χ3v) is 4.49. The van der Waals surface area contributed by atoms with E-state index in [1.54, 1.807) is 6.20 Å². The van der Waals surface area contributed by atoms with Gasteiger partial charge in [-0.25, -0.2) is 0 Å². The van der Waals surface area contributed by atoms with Crippen molar-refractivity contribution in [1.82, 2.24) is 15.1 Å². The van der Waals surface area contributed by atoms with Crippen LogP contribution in [0.25, 0.3) is 11.1 Å². The minimum atomic E-state index is -0.0128. The highest BCUT2D eigenvalue weighted by atomic mass is 16.1. The first-order valence-electron chi connectivity index (χ1n) is 9.27. The summed E-state index contributed by atoms with van der Waals surface area (Å²) >= 11 is 0. The molecule has 0 unspecified atom stereocenters. The van der Waals surface area contributed by atoms with Crippen LogP contribution in [0.3, 0.4) is 0 Å². The molecule has 0 aliphatic carbocycles. The van der Waals surface area contributed by atoms with Crippen molar-refractivity contribution in [2.45, 2.75) is 33.4 Å². The van der Waals surface area contributed by atoms with Gasteiger partial charge in [0.15, 0.2) is 0 Å². The van der Waals surface area contributed by atoms with Crippen LogP contribution in [-0.2, 0) is 17.9 Å². The zero-order valence-corrected chi connectivity index (χ0v) is 15.9. The zero-order chi connectivity index (χ0) is 19.1. The highest BCUT2D eigenvalue weighted by Crippen LogP contribution is 2.24. The van der Waals surface area contributed by atoms with Crippen LogP contribution < -0.4 is 5.32 Å². The van der Waals surface area contributed by atoms with Gasteiger partial charge in [-0.05, 0) is 41.7 Å². The van der Waals surface area contributed by atoms with Crippen LogP contribution in [0.2, 0.25) is 0 Å². The molecule has 0 saturated heterocycles. The zero-order valence-electron chi connectivity index (χ0n) is 15.9. The van der Waals surface area contributed by atoms with Crippen molar-refractivity contribution in [3.05, 3.63) is 89.8 Å². The Labute approximate surface area is 160 Å². The molecule has 27 heavy (non-hydrogen) atoms. The van der Waals surface area contributed by atoms with Crippen LogP contribution in [0.15, 0.2) is 78.6 Å². The number of allylic oxidation sites excluding steroid dienone is 1. The lowest BCUT2D eigenvalue weighted by Crippen LogP contribution is -2.23. The molecule has 0 spiro atoms. The Morgan fingerprint density at radius 3 is 2.59 bits per heavy atom. The third-order valence-electron chi connectivity index (χ3n) is 4.49. The second-order valence-corrected chi connectivity index (χ2v) is 6.54. The minimum absolute atomic E-state index is 0.0128. The first-order chi connectivity index (χ1) is 13.2. The molecule has 4 nitrogen and oxygen atoms in total. The van der Waals surface area contributed by atoms with E-state index in [4.69, 9.17) is 0 Å². The molecule has 0 radical (unpaired) electrons. The van der Waals surface area contributed by atoms with Crippen molar-refractivity contribution < 1.29 is 4.79 Å². The third kappa shape index (κ3) is 4.94. The van der Waals surface area contributed by atoms with E-state index in [0.717, 1.165) is 35.2 Å². The lowest BCUT2D eigenvalue weighted by molar-refractivity contribution is -0.117. The van der Waals surface area contributed by atoms with Crippen molar-refractivity contribution in [2.75, 3.05) is 0 Å². The van der Waals surface area contributed by atoms with Gasteiger partial charge in [0, 0.05) is 24.5 Å². The number of carbonyl (C=O) groups is 1. The Bertz CT molecular complexity index is 909. The van der Waals surface area contributed by atoms with Gasteiger partial charge < -0.3 is 5.32 Å². The van der Waals surface area contributed by atoms with Gasteiger partial charge in [0.05, 0.1) is 6.54 Å². The van der Waals surface area contributed by atoms with Gasteiger partial charge in [-0.2, -0.15) is 5.10 Å². The predicted molar refractivity (Wildman–Crippen MR) is 109 cm³/mol. The average molecular weight is 359 g/mol. The fraction of sp³-hybridized carbons (Fsp3) is 0.217. The lowest BCUT2D eigenvalue weighted by Gasteiger charge is -2.12. The fourth-order valence-corrected chi connectivity index (χ4v) is 3.04. The highest BCUT2D eigenvalue weighted by molar-refractivity contribution is 5.92. The number of carbonyl (C=O) groups excluding carboxylic acids is 1. The second kappa shape index (κ2) is 8.99. The maximum Gasteiger partial charge on any atom is 0.246 e. The molecule has 3 aromatic rings. The Kier molecular flexibility index (Phi) is 6.21. The smallest absolute Gasteiger partial charge is 0.246 e. The topological polar surface area (TPSA) is 46.9 Å². The van der Waals surface area contributed by atoms with Crippen molar-refractivity contribution in [1.29, 1.82) is 0 Å². The number of rotatable bonds is 7. The quantitative estimate of drug-likeness (QED) is 0.628. The molecule has 1 aromatic heterocycles. The Hall–Kier alpha value is -3.14. The molecule has 1 amide bonds. The van der Waals surface area contributed by atoms with E-state index in [9.17, 15) is 4.79 Å². The average Bonchev–Trinajstić information content (AvgIpc) is 3.20. The molecule has 1 N–H and O–H groups in total. The van der Waals surface area contributed by atoms with E-state index in [1.165, 1.54) is 5.56 Å². The Morgan fingerprint density at radius 2 is 1.89 bits per heavy atom. The molecular formula is C23H25N3O. The fourth-order valence-electron chi connectivity index (χ4n) is 3.04. The van der Waals surface area contributed by atoms with E-state index < -0.39 is 0 Å². The molecule has 0 aliphatic heterocycles. The van der Waals surface area contributed by atoms with Crippen molar-refractivity contribution in [3.8, 4) is 11.1 Å². The standard InChI is InChI=1S/C23H25N3O/c1-3-7-18(2)23(27)24-16-21-8-4-5-9-22(21)20-12-10-19(11-13-20)17-26-15-6-14-25-26/h4-15H,3,16-17H2,1-2H3,(H,24,27). The summed E-state index contributed by atoms with van der Waals surface area (Å²) in [7, 11) is 0. The summed E-state index contributed by atoms with van der Waals surface area (Å²) in [6.45, 7) is 5.15. The van der Waals surface area contributed by atoms with Gasteiger partial charge in [0.1, 0.15) is 0 Å². The maximum absolute atomic E-state index is 12.2. The van der Waals surface area contributed by atoms with Gasteiger partial charge >= 0.3 is 0 Å². The van der Waals surface area contributed by atoms with Gasteiger partial charge in [0.2, 0.25) is 5.91 Å². The van der Waals surface area contributed by atoms with Gasteiger partial charge in [-0.3, -0.25) is 9.48 Å². The number of nitrogens with one attached hydrogen (secondary N) is 1. The summed E-state index contributed by atoms with van der Waals surface area (Å²) in [5.74, 6) is -0.0128. The van der Waals surface area contributed by atoms with E-state index >= 15 is 0 Å². The largest absolute Gasteiger partial charge is 0.348 e. The first-order valence-corrected chi connectivity index (χ1v) is 9.27. The van der Waals surface area contributed by atoms with Crippen molar-refractivity contribution in [2.24, 2.45) is 0 Å². The lowest BCUT2D eigenvalue weighted by atomic mass is 9.98. The number of aromatic nitrogens is 2. The van der Waals surface area contributed by atoms with Crippen LogP contribution in [0.5, 0.6) is 0 Å². The van der Waals surface area contributed by atoms with E-state index in [-0.39, 0.29) is 5.91 Å². The molecule has 3 rings (SSSR count). The van der Waals surface area contributed by atoms with Crippen molar-refractivity contribution >= 4 is 5.91 Å². The van der Waals surface area contributed by atoms with Crippen LogP contribution >= 0.6 is 0 Å². The number of nitrogens with zero attached hydrogens (tertiary/aromatic N) is 2. The monoisotopic (exact) mass is 359 g/mol. The summed E-state index contributed by atoms with van der Waals surface area (Å²) in [6.07, 6.45) is 6.55. The van der Waals surface area contributed by atoms with Crippen LogP contribution in [-0.4, -0.2) is 15.7 Å². The van der Waals surface area contributed by atoms with Crippen LogP contribution in [0, 0.1) is 0 Å². The molecule has 0 atom stereocenters. The van der Waals surface area contributed by atoms with E-state index in [2.05, 4.69) is 46.8 Å². The van der Waals surface area contributed by atoms with E-state index in [0.29, 0.717) is 6.54 Å². The minimum Gasteiger partial charge on any atom is -0.348 e. The van der Waals surface area contributed by atoms with Gasteiger partial charge in [-0.15, -0.1) is 0 Å². The molecular weight excluding hydrogens is 334 g/mol. The Balaban J connectivity index is 1.73.